The molecule has 0 spiro atoms. The molecular formula is C14H12ClN5O3. The van der Waals surface area contributed by atoms with Gasteiger partial charge in [-0.3, -0.25) is 19.6 Å². The van der Waals surface area contributed by atoms with Crippen molar-refractivity contribution in [3.8, 4) is 0 Å². The van der Waals surface area contributed by atoms with Crippen LogP contribution in [0.3, 0.4) is 0 Å². The highest BCUT2D eigenvalue weighted by Gasteiger charge is 2.22. The molecule has 0 saturated carbocycles. The highest BCUT2D eigenvalue weighted by Crippen LogP contribution is 2.22. The molecule has 8 nitrogen and oxygen atoms in total. The zero-order valence-corrected chi connectivity index (χ0v) is 13.1. The summed E-state index contributed by atoms with van der Waals surface area (Å²) in [4.78, 5) is 29.7. The predicted octanol–water partition coefficient (Wildman–Crippen LogP) is 2.35. The fraction of sp³-hybridized carbons (Fsp3) is 0.214. The number of rotatable bonds is 3. The molecule has 0 saturated heterocycles. The molecule has 23 heavy (non-hydrogen) atoms. The Labute approximate surface area is 134 Å². The number of fused-ring (bicyclic) bond motifs is 1. The number of aromatic amines is 1. The molecule has 1 N–H and O–H groups in total. The first kappa shape index (κ1) is 15.2. The maximum absolute atomic E-state index is 12.1. The second kappa shape index (κ2) is 5.47. The Balaban J connectivity index is 2.06. The molecule has 2 aromatic heterocycles. The molecule has 2 heterocycles. The lowest BCUT2D eigenvalue weighted by Gasteiger charge is -2.05. The molecule has 118 valence electrons. The average molecular weight is 334 g/mol. The lowest BCUT2D eigenvalue weighted by atomic mass is 10.2. The van der Waals surface area contributed by atoms with Crippen LogP contribution in [0.15, 0.2) is 23.0 Å². The maximum atomic E-state index is 12.1. The van der Waals surface area contributed by atoms with Gasteiger partial charge in [-0.1, -0.05) is 11.6 Å². The number of hydrogen-bond acceptors (Lipinski definition) is 5. The van der Waals surface area contributed by atoms with Crippen LogP contribution in [0.25, 0.3) is 10.9 Å². The highest BCUT2D eigenvalue weighted by molar-refractivity contribution is 6.31. The summed E-state index contributed by atoms with van der Waals surface area (Å²) < 4.78 is 1.45. The van der Waals surface area contributed by atoms with Crippen molar-refractivity contribution in [2.45, 2.75) is 20.4 Å². The standard InChI is InChI=1S/C14H12ClN5O3/c1-7-13(20(22)23)8(2)19(18-7)6-12-16-11-4-3-9(15)5-10(11)14(21)17-12/h3-5H,6H2,1-2H3,(H,16,17,21). The van der Waals surface area contributed by atoms with Crippen molar-refractivity contribution in [3.05, 3.63) is 60.9 Å². The Kier molecular flexibility index (Phi) is 3.61. The van der Waals surface area contributed by atoms with Gasteiger partial charge in [0.15, 0.2) is 0 Å². The van der Waals surface area contributed by atoms with E-state index in [1.807, 2.05) is 0 Å². The summed E-state index contributed by atoms with van der Waals surface area (Å²) in [5, 5.41) is 16.0. The third kappa shape index (κ3) is 2.68. The van der Waals surface area contributed by atoms with Crippen molar-refractivity contribution in [2.75, 3.05) is 0 Å². The second-order valence-electron chi connectivity index (χ2n) is 5.11. The summed E-state index contributed by atoms with van der Waals surface area (Å²) in [5.74, 6) is 0.366. The van der Waals surface area contributed by atoms with E-state index < -0.39 is 4.92 Å². The molecule has 0 aliphatic carbocycles. The monoisotopic (exact) mass is 333 g/mol. The Hall–Kier alpha value is -2.74. The molecule has 0 atom stereocenters. The largest absolute Gasteiger partial charge is 0.312 e. The van der Waals surface area contributed by atoms with Crippen molar-refractivity contribution in [3.63, 3.8) is 0 Å². The van der Waals surface area contributed by atoms with E-state index in [-0.39, 0.29) is 17.8 Å². The number of aromatic nitrogens is 4. The predicted molar refractivity (Wildman–Crippen MR) is 84.8 cm³/mol. The maximum Gasteiger partial charge on any atom is 0.312 e. The van der Waals surface area contributed by atoms with Crippen LogP contribution in [0.1, 0.15) is 17.2 Å². The summed E-state index contributed by atoms with van der Waals surface area (Å²) in [5.41, 5.74) is 0.890. The number of nitrogens with one attached hydrogen (secondary N) is 1. The summed E-state index contributed by atoms with van der Waals surface area (Å²) in [6.45, 7) is 3.31. The number of nitro groups is 1. The van der Waals surface area contributed by atoms with Crippen molar-refractivity contribution in [1.82, 2.24) is 19.7 Å². The molecule has 3 aromatic rings. The average Bonchev–Trinajstić information content (AvgIpc) is 2.74. The Bertz CT molecular complexity index is 992. The molecule has 3 rings (SSSR count). The molecule has 1 aromatic carbocycles. The molecule has 9 heteroatoms. The van der Waals surface area contributed by atoms with Crippen LogP contribution in [0, 0.1) is 24.0 Å². The van der Waals surface area contributed by atoms with E-state index in [4.69, 9.17) is 11.6 Å². The van der Waals surface area contributed by atoms with Crippen LogP contribution < -0.4 is 5.56 Å². The Morgan fingerprint density at radius 3 is 2.78 bits per heavy atom. The third-order valence-electron chi connectivity index (χ3n) is 3.54. The first-order valence-corrected chi connectivity index (χ1v) is 7.11. The van der Waals surface area contributed by atoms with Crippen LogP contribution in [0.5, 0.6) is 0 Å². The zero-order chi connectivity index (χ0) is 16.7. The van der Waals surface area contributed by atoms with Crippen LogP contribution in [0.4, 0.5) is 5.69 Å². The van der Waals surface area contributed by atoms with Gasteiger partial charge in [-0.05, 0) is 32.0 Å². The Morgan fingerprint density at radius 1 is 1.39 bits per heavy atom. The fourth-order valence-corrected chi connectivity index (χ4v) is 2.65. The summed E-state index contributed by atoms with van der Waals surface area (Å²) in [6, 6.07) is 4.84. The lowest BCUT2D eigenvalue weighted by molar-refractivity contribution is -0.386. The summed E-state index contributed by atoms with van der Waals surface area (Å²) in [6.07, 6.45) is 0. The van der Waals surface area contributed by atoms with E-state index in [9.17, 15) is 14.9 Å². The zero-order valence-electron chi connectivity index (χ0n) is 12.3. The van der Waals surface area contributed by atoms with Crippen molar-refractivity contribution in [2.24, 2.45) is 0 Å². The van der Waals surface area contributed by atoms with Crippen LogP contribution in [-0.2, 0) is 6.54 Å². The normalized spacial score (nSPS) is 11.1. The number of H-pyrrole nitrogens is 1. The summed E-state index contributed by atoms with van der Waals surface area (Å²) >= 11 is 5.87. The van der Waals surface area contributed by atoms with Gasteiger partial charge in [-0.25, -0.2) is 4.98 Å². The van der Waals surface area contributed by atoms with Gasteiger partial charge in [-0.2, -0.15) is 5.10 Å². The topological polar surface area (TPSA) is 107 Å². The van der Waals surface area contributed by atoms with E-state index in [0.29, 0.717) is 33.1 Å². The molecule has 0 bridgehead atoms. The number of aryl methyl sites for hydroxylation is 1. The minimum atomic E-state index is -0.466. The van der Waals surface area contributed by atoms with Gasteiger partial charge < -0.3 is 4.98 Å². The number of benzene rings is 1. The minimum absolute atomic E-state index is 0.0279. The van der Waals surface area contributed by atoms with E-state index in [0.717, 1.165) is 0 Å². The third-order valence-corrected chi connectivity index (χ3v) is 3.78. The first-order chi connectivity index (χ1) is 10.9. The van der Waals surface area contributed by atoms with E-state index in [1.165, 1.54) is 4.68 Å². The van der Waals surface area contributed by atoms with Gasteiger partial charge in [-0.15, -0.1) is 0 Å². The molecule has 0 amide bonds. The van der Waals surface area contributed by atoms with E-state index >= 15 is 0 Å². The van der Waals surface area contributed by atoms with Crippen LogP contribution >= 0.6 is 11.6 Å². The smallest absolute Gasteiger partial charge is 0.308 e. The first-order valence-electron chi connectivity index (χ1n) is 6.73. The highest BCUT2D eigenvalue weighted by atomic mass is 35.5. The Morgan fingerprint density at radius 2 is 2.13 bits per heavy atom. The molecule has 0 unspecified atom stereocenters. The van der Waals surface area contributed by atoms with E-state index in [1.54, 1.807) is 32.0 Å². The fourth-order valence-electron chi connectivity index (χ4n) is 2.48. The van der Waals surface area contributed by atoms with Gasteiger partial charge in [0.05, 0.1) is 22.4 Å². The molecule has 0 aliphatic heterocycles. The quantitative estimate of drug-likeness (QED) is 0.584. The van der Waals surface area contributed by atoms with Gasteiger partial charge in [0, 0.05) is 5.02 Å². The molecule has 0 aliphatic rings. The molecule has 0 fully saturated rings. The number of nitrogens with zero attached hydrogens (tertiary/aromatic N) is 4. The second-order valence-corrected chi connectivity index (χ2v) is 5.54. The van der Waals surface area contributed by atoms with Gasteiger partial charge in [0.2, 0.25) is 0 Å². The van der Waals surface area contributed by atoms with Crippen LogP contribution in [-0.4, -0.2) is 24.7 Å². The molecular weight excluding hydrogens is 322 g/mol. The van der Waals surface area contributed by atoms with Gasteiger partial charge in [0.25, 0.3) is 5.56 Å². The van der Waals surface area contributed by atoms with Gasteiger partial charge >= 0.3 is 5.69 Å². The van der Waals surface area contributed by atoms with Crippen LogP contribution in [0.2, 0.25) is 5.02 Å². The van der Waals surface area contributed by atoms with E-state index in [2.05, 4.69) is 15.1 Å². The number of hydrogen-bond donors (Lipinski definition) is 1. The van der Waals surface area contributed by atoms with Crippen molar-refractivity contribution < 1.29 is 4.92 Å². The number of halogens is 1. The van der Waals surface area contributed by atoms with Crippen molar-refractivity contribution in [1.29, 1.82) is 0 Å². The van der Waals surface area contributed by atoms with Crippen molar-refractivity contribution >= 4 is 28.2 Å². The minimum Gasteiger partial charge on any atom is -0.308 e. The molecule has 0 radical (unpaired) electrons. The SMILES string of the molecule is Cc1nn(Cc2nc3ccc(Cl)cc3c(=O)[nH]2)c(C)c1[N+](=O)[O-]. The van der Waals surface area contributed by atoms with Gasteiger partial charge in [0.1, 0.15) is 17.2 Å². The summed E-state index contributed by atoms with van der Waals surface area (Å²) in [7, 11) is 0. The lowest BCUT2D eigenvalue weighted by Crippen LogP contribution is -2.15.